The summed E-state index contributed by atoms with van der Waals surface area (Å²) in [5, 5.41) is 12.9. The highest BCUT2D eigenvalue weighted by Gasteiger charge is 2.10. The summed E-state index contributed by atoms with van der Waals surface area (Å²) in [4.78, 5) is 0. The number of phenolic OH excluding ortho intramolecular Hbond substituents is 1. The van der Waals surface area contributed by atoms with Crippen LogP contribution in [0.5, 0.6) is 5.75 Å². The van der Waals surface area contributed by atoms with Gasteiger partial charge in [-0.25, -0.2) is 0 Å². The van der Waals surface area contributed by atoms with Crippen LogP contribution in [0.25, 0.3) is 0 Å². The molecule has 0 bridgehead atoms. The van der Waals surface area contributed by atoms with Crippen molar-refractivity contribution < 1.29 is 5.11 Å². The molecule has 1 aromatic carbocycles. The van der Waals surface area contributed by atoms with Crippen molar-refractivity contribution in [1.82, 2.24) is 5.32 Å². The summed E-state index contributed by atoms with van der Waals surface area (Å²) < 4.78 is 0. The molecule has 4 N–H and O–H groups in total. The summed E-state index contributed by atoms with van der Waals surface area (Å²) in [6.45, 7) is 6.64. The molecule has 90 valence electrons. The van der Waals surface area contributed by atoms with Crippen molar-refractivity contribution in [2.24, 2.45) is 17.6 Å². The molecule has 0 fully saturated rings. The predicted octanol–water partition coefficient (Wildman–Crippen LogP) is 1.71. The van der Waals surface area contributed by atoms with Crippen molar-refractivity contribution in [3.05, 3.63) is 29.8 Å². The van der Waals surface area contributed by atoms with Crippen LogP contribution in [-0.2, 0) is 6.54 Å². The molecule has 0 aliphatic rings. The highest BCUT2D eigenvalue weighted by atomic mass is 16.3. The van der Waals surface area contributed by atoms with Crippen molar-refractivity contribution in [2.75, 3.05) is 13.1 Å². The Morgan fingerprint density at radius 1 is 1.31 bits per heavy atom. The van der Waals surface area contributed by atoms with Crippen LogP contribution in [0.4, 0.5) is 0 Å². The summed E-state index contributed by atoms with van der Waals surface area (Å²) in [7, 11) is 0. The minimum absolute atomic E-state index is 0.351. The van der Waals surface area contributed by atoms with Gasteiger partial charge in [-0.3, -0.25) is 0 Å². The second-order valence-corrected chi connectivity index (χ2v) is 4.50. The quantitative estimate of drug-likeness (QED) is 0.687. The molecule has 0 amide bonds. The molecular formula is C13H22N2O. The van der Waals surface area contributed by atoms with Gasteiger partial charge in [-0.2, -0.15) is 0 Å². The number of phenols is 1. The Labute approximate surface area is 97.7 Å². The van der Waals surface area contributed by atoms with E-state index >= 15 is 0 Å². The lowest BCUT2D eigenvalue weighted by Crippen LogP contribution is -2.31. The van der Waals surface area contributed by atoms with E-state index in [1.54, 1.807) is 6.07 Å². The Hall–Kier alpha value is -1.06. The molecule has 0 aromatic heterocycles. The fraction of sp³-hybridized carbons (Fsp3) is 0.538. The van der Waals surface area contributed by atoms with Crippen molar-refractivity contribution in [1.29, 1.82) is 0 Å². The summed E-state index contributed by atoms with van der Waals surface area (Å²) in [5.74, 6) is 1.43. The maximum absolute atomic E-state index is 9.58. The average molecular weight is 222 g/mol. The molecule has 0 aliphatic heterocycles. The number of para-hydroxylation sites is 1. The van der Waals surface area contributed by atoms with E-state index in [9.17, 15) is 5.11 Å². The summed E-state index contributed by atoms with van der Waals surface area (Å²) in [6.07, 6.45) is 0. The minimum atomic E-state index is 0.351. The minimum Gasteiger partial charge on any atom is -0.508 e. The Morgan fingerprint density at radius 2 is 2.00 bits per heavy atom. The smallest absolute Gasteiger partial charge is 0.120 e. The first kappa shape index (κ1) is 13.0. The first-order valence-corrected chi connectivity index (χ1v) is 5.82. The van der Waals surface area contributed by atoms with Gasteiger partial charge < -0.3 is 16.2 Å². The first-order chi connectivity index (χ1) is 7.65. The van der Waals surface area contributed by atoms with Crippen LogP contribution in [0, 0.1) is 11.8 Å². The molecule has 0 spiro atoms. The number of hydrogen-bond acceptors (Lipinski definition) is 3. The lowest BCUT2D eigenvalue weighted by molar-refractivity contribution is 0.369. The van der Waals surface area contributed by atoms with Gasteiger partial charge in [-0.15, -0.1) is 0 Å². The molecule has 0 aliphatic carbocycles. The normalized spacial score (nSPS) is 13.0. The van der Waals surface area contributed by atoms with Gasteiger partial charge in [0.05, 0.1) is 0 Å². The average Bonchev–Trinajstić information content (AvgIpc) is 2.26. The van der Waals surface area contributed by atoms with Crippen molar-refractivity contribution in [3.8, 4) is 5.75 Å². The van der Waals surface area contributed by atoms with Gasteiger partial charge >= 0.3 is 0 Å². The molecule has 1 rings (SSSR count). The third kappa shape index (κ3) is 3.83. The third-order valence-corrected chi connectivity index (χ3v) is 2.96. The maximum atomic E-state index is 9.58. The monoisotopic (exact) mass is 222 g/mol. The molecule has 0 saturated heterocycles. The molecule has 1 aromatic rings. The van der Waals surface area contributed by atoms with Gasteiger partial charge in [0.25, 0.3) is 0 Å². The van der Waals surface area contributed by atoms with Crippen LogP contribution in [0.15, 0.2) is 24.3 Å². The number of benzene rings is 1. The lowest BCUT2D eigenvalue weighted by Gasteiger charge is -2.19. The summed E-state index contributed by atoms with van der Waals surface area (Å²) in [6, 6.07) is 7.39. The van der Waals surface area contributed by atoms with Crippen LogP contribution >= 0.6 is 0 Å². The SMILES string of the molecule is CC(C)C(CN)CNCc1ccccc1O. The Morgan fingerprint density at radius 3 is 2.56 bits per heavy atom. The van der Waals surface area contributed by atoms with E-state index in [1.165, 1.54) is 0 Å². The van der Waals surface area contributed by atoms with Crippen LogP contribution in [-0.4, -0.2) is 18.2 Å². The van der Waals surface area contributed by atoms with E-state index in [1.807, 2.05) is 18.2 Å². The lowest BCUT2D eigenvalue weighted by atomic mass is 9.96. The topological polar surface area (TPSA) is 58.3 Å². The zero-order chi connectivity index (χ0) is 12.0. The van der Waals surface area contributed by atoms with Crippen molar-refractivity contribution in [3.63, 3.8) is 0 Å². The van der Waals surface area contributed by atoms with Crippen LogP contribution in [0.1, 0.15) is 19.4 Å². The second-order valence-electron chi connectivity index (χ2n) is 4.50. The molecule has 1 atom stereocenters. The van der Waals surface area contributed by atoms with Crippen LogP contribution < -0.4 is 11.1 Å². The number of nitrogens with two attached hydrogens (primary N) is 1. The summed E-state index contributed by atoms with van der Waals surface area (Å²) in [5.41, 5.74) is 6.63. The maximum Gasteiger partial charge on any atom is 0.120 e. The van der Waals surface area contributed by atoms with Gasteiger partial charge in [-0.1, -0.05) is 32.0 Å². The molecular weight excluding hydrogens is 200 g/mol. The highest BCUT2D eigenvalue weighted by molar-refractivity contribution is 5.31. The largest absolute Gasteiger partial charge is 0.508 e. The zero-order valence-electron chi connectivity index (χ0n) is 10.1. The highest BCUT2D eigenvalue weighted by Crippen LogP contribution is 2.15. The molecule has 16 heavy (non-hydrogen) atoms. The fourth-order valence-corrected chi connectivity index (χ4v) is 1.64. The zero-order valence-corrected chi connectivity index (χ0v) is 10.1. The van der Waals surface area contributed by atoms with Gasteiger partial charge in [0, 0.05) is 12.1 Å². The fourth-order valence-electron chi connectivity index (χ4n) is 1.64. The number of nitrogens with one attached hydrogen (secondary N) is 1. The van der Waals surface area contributed by atoms with Gasteiger partial charge in [-0.05, 0) is 31.0 Å². The molecule has 1 unspecified atom stereocenters. The van der Waals surface area contributed by atoms with E-state index in [4.69, 9.17) is 5.73 Å². The van der Waals surface area contributed by atoms with E-state index < -0.39 is 0 Å². The van der Waals surface area contributed by atoms with Crippen LogP contribution in [0.3, 0.4) is 0 Å². The summed E-state index contributed by atoms with van der Waals surface area (Å²) >= 11 is 0. The van der Waals surface area contributed by atoms with Crippen molar-refractivity contribution in [2.45, 2.75) is 20.4 Å². The predicted molar refractivity (Wildman–Crippen MR) is 67.2 cm³/mol. The third-order valence-electron chi connectivity index (χ3n) is 2.96. The van der Waals surface area contributed by atoms with E-state index in [-0.39, 0.29) is 0 Å². The second kappa shape index (κ2) is 6.51. The molecule has 3 heteroatoms. The molecule has 3 nitrogen and oxygen atoms in total. The molecule has 0 saturated carbocycles. The van der Waals surface area contributed by atoms with Crippen LogP contribution in [0.2, 0.25) is 0 Å². The Bertz CT molecular complexity index is 313. The number of aromatic hydroxyl groups is 1. The number of rotatable bonds is 6. The first-order valence-electron chi connectivity index (χ1n) is 5.82. The van der Waals surface area contributed by atoms with E-state index in [2.05, 4.69) is 19.2 Å². The van der Waals surface area contributed by atoms with Gasteiger partial charge in [0.15, 0.2) is 0 Å². The van der Waals surface area contributed by atoms with Gasteiger partial charge in [0.1, 0.15) is 5.75 Å². The van der Waals surface area contributed by atoms with E-state index in [0.29, 0.717) is 30.7 Å². The Kier molecular flexibility index (Phi) is 5.29. The van der Waals surface area contributed by atoms with Crippen molar-refractivity contribution >= 4 is 0 Å². The number of hydrogen-bond donors (Lipinski definition) is 3. The Balaban J connectivity index is 2.38. The van der Waals surface area contributed by atoms with E-state index in [0.717, 1.165) is 12.1 Å². The standard InChI is InChI=1S/C13H22N2O/c1-10(2)12(7-14)9-15-8-11-5-3-4-6-13(11)16/h3-6,10,12,15-16H,7-9,14H2,1-2H3. The van der Waals surface area contributed by atoms with Gasteiger partial charge in [0.2, 0.25) is 0 Å². The molecule has 0 heterocycles. The molecule has 0 radical (unpaired) electrons.